The van der Waals surface area contributed by atoms with Crippen LogP contribution < -0.4 is 5.32 Å². The lowest BCUT2D eigenvalue weighted by molar-refractivity contribution is 0.0953. The van der Waals surface area contributed by atoms with Crippen LogP contribution in [0.15, 0.2) is 22.7 Å². The van der Waals surface area contributed by atoms with Crippen molar-refractivity contribution in [2.75, 3.05) is 12.4 Å². The van der Waals surface area contributed by atoms with Gasteiger partial charge in [0.25, 0.3) is 5.91 Å². The predicted molar refractivity (Wildman–Crippen MR) is 84.4 cm³/mol. The lowest BCUT2D eigenvalue weighted by Crippen LogP contribution is -2.25. The summed E-state index contributed by atoms with van der Waals surface area (Å²) in [5.74, 6) is 0.598. The molecule has 0 saturated heterocycles. The first-order chi connectivity index (χ1) is 10.1. The average Bonchev–Trinajstić information content (AvgIpc) is 2.80. The molecule has 21 heavy (non-hydrogen) atoms. The molecule has 7 heteroatoms. The molecule has 0 bridgehead atoms. The largest absolute Gasteiger partial charge is 0.360 e. The highest BCUT2D eigenvalue weighted by atomic mass is 35.5. The van der Waals surface area contributed by atoms with Crippen LogP contribution in [0.1, 0.15) is 22.5 Å². The fraction of sp³-hybridized carbons (Fsp3) is 0.286. The summed E-state index contributed by atoms with van der Waals surface area (Å²) < 4.78 is 5.13. The lowest BCUT2D eigenvalue weighted by atomic mass is 10.1. The monoisotopic (exact) mass is 346 g/mol. The van der Waals surface area contributed by atoms with Gasteiger partial charge in [0.1, 0.15) is 17.0 Å². The van der Waals surface area contributed by atoms with Gasteiger partial charge in [-0.2, -0.15) is 0 Å². The summed E-state index contributed by atoms with van der Waals surface area (Å²) in [6.07, 6.45) is 0.680. The molecule has 0 spiro atoms. The van der Waals surface area contributed by atoms with Gasteiger partial charge in [0, 0.05) is 18.0 Å². The van der Waals surface area contributed by atoms with Gasteiger partial charge in [-0.3, -0.25) is 4.79 Å². The fourth-order valence-corrected chi connectivity index (χ4v) is 2.60. The minimum Gasteiger partial charge on any atom is -0.360 e. The number of rotatable bonds is 5. The van der Waals surface area contributed by atoms with Crippen molar-refractivity contribution >= 4 is 40.7 Å². The van der Waals surface area contributed by atoms with Crippen LogP contribution in [0.25, 0.3) is 11.3 Å². The number of carbonyl (C=O) groups is 1. The molecular formula is C14H13Cl3N2O2. The molecule has 0 atom stereocenters. The molecule has 2 rings (SSSR count). The second kappa shape index (κ2) is 7.16. The Balaban J connectivity index is 2.41. The number of nitrogens with one attached hydrogen (secondary N) is 1. The number of hydrogen-bond donors (Lipinski definition) is 1. The SMILES string of the molecule is Cc1onc(-c2c(Cl)cccc2Cl)c1C(=O)NCCCCl. The van der Waals surface area contributed by atoms with Gasteiger partial charge in [0.05, 0.1) is 10.0 Å². The van der Waals surface area contributed by atoms with Crippen LogP contribution in [0.5, 0.6) is 0 Å². The minimum absolute atomic E-state index is 0.287. The van der Waals surface area contributed by atoms with E-state index in [1.54, 1.807) is 25.1 Å². The van der Waals surface area contributed by atoms with Gasteiger partial charge in [-0.1, -0.05) is 34.4 Å². The Morgan fingerprint density at radius 1 is 1.33 bits per heavy atom. The van der Waals surface area contributed by atoms with Crippen molar-refractivity contribution in [3.8, 4) is 11.3 Å². The third-order valence-electron chi connectivity index (χ3n) is 2.89. The number of aromatic nitrogens is 1. The predicted octanol–water partition coefficient (Wildman–Crippen LogP) is 4.32. The molecule has 0 aliphatic rings. The second-order valence-electron chi connectivity index (χ2n) is 4.36. The van der Waals surface area contributed by atoms with Gasteiger partial charge < -0.3 is 9.84 Å². The first-order valence-corrected chi connectivity index (χ1v) is 7.60. The number of alkyl halides is 1. The molecule has 4 nitrogen and oxygen atoms in total. The number of amides is 1. The van der Waals surface area contributed by atoms with Crippen molar-refractivity contribution in [2.24, 2.45) is 0 Å². The Kier molecular flexibility index (Phi) is 5.51. The summed E-state index contributed by atoms with van der Waals surface area (Å²) in [5, 5.41) is 7.51. The second-order valence-corrected chi connectivity index (χ2v) is 5.55. The number of hydrogen-bond acceptors (Lipinski definition) is 3. The van der Waals surface area contributed by atoms with E-state index >= 15 is 0 Å². The average molecular weight is 348 g/mol. The number of benzene rings is 1. The molecule has 1 aromatic heterocycles. The fourth-order valence-electron chi connectivity index (χ4n) is 1.89. The van der Waals surface area contributed by atoms with Crippen molar-refractivity contribution < 1.29 is 9.32 Å². The molecule has 1 amide bonds. The van der Waals surface area contributed by atoms with Crippen LogP contribution in [0, 0.1) is 6.92 Å². The lowest BCUT2D eigenvalue weighted by Gasteiger charge is -2.07. The first-order valence-electron chi connectivity index (χ1n) is 6.31. The molecule has 1 heterocycles. The number of nitrogens with zero attached hydrogens (tertiary/aromatic N) is 1. The number of carbonyl (C=O) groups excluding carboxylic acids is 1. The van der Waals surface area contributed by atoms with Crippen molar-refractivity contribution in [1.29, 1.82) is 0 Å². The van der Waals surface area contributed by atoms with E-state index in [1.165, 1.54) is 0 Å². The smallest absolute Gasteiger partial charge is 0.257 e. The van der Waals surface area contributed by atoms with E-state index in [0.717, 1.165) is 0 Å². The number of aryl methyl sites for hydroxylation is 1. The maximum Gasteiger partial charge on any atom is 0.257 e. The van der Waals surface area contributed by atoms with Crippen molar-refractivity contribution in [3.05, 3.63) is 39.6 Å². The van der Waals surface area contributed by atoms with E-state index in [9.17, 15) is 4.79 Å². The van der Waals surface area contributed by atoms with Crippen LogP contribution in [0.2, 0.25) is 10.0 Å². The maximum absolute atomic E-state index is 12.3. The molecule has 1 N–H and O–H groups in total. The van der Waals surface area contributed by atoms with Crippen molar-refractivity contribution in [3.63, 3.8) is 0 Å². The van der Waals surface area contributed by atoms with Crippen molar-refractivity contribution in [1.82, 2.24) is 10.5 Å². The highest BCUT2D eigenvalue weighted by Crippen LogP contribution is 2.36. The Labute approximate surface area is 137 Å². The molecule has 0 saturated carbocycles. The Hall–Kier alpha value is -1.23. The van der Waals surface area contributed by atoms with Gasteiger partial charge in [0.2, 0.25) is 0 Å². The molecule has 0 radical (unpaired) electrons. The summed E-state index contributed by atoms with van der Waals surface area (Å²) in [5.41, 5.74) is 1.16. The first kappa shape index (κ1) is 16.1. The molecule has 0 unspecified atom stereocenters. The molecule has 112 valence electrons. The Morgan fingerprint density at radius 2 is 2.00 bits per heavy atom. The van der Waals surface area contributed by atoms with Gasteiger partial charge in [-0.25, -0.2) is 0 Å². The molecule has 1 aromatic carbocycles. The van der Waals surface area contributed by atoms with E-state index < -0.39 is 0 Å². The minimum atomic E-state index is -0.287. The van der Waals surface area contributed by atoms with Crippen molar-refractivity contribution in [2.45, 2.75) is 13.3 Å². The molecule has 0 fully saturated rings. The van der Waals surface area contributed by atoms with E-state index in [4.69, 9.17) is 39.3 Å². The normalized spacial score (nSPS) is 10.7. The quantitative estimate of drug-likeness (QED) is 0.647. The maximum atomic E-state index is 12.3. The summed E-state index contributed by atoms with van der Waals surface area (Å²) in [7, 11) is 0. The van der Waals surface area contributed by atoms with Crippen LogP contribution in [-0.4, -0.2) is 23.5 Å². The standard InChI is InChI=1S/C14H13Cl3N2O2/c1-8-11(14(20)18-7-3-6-15)13(19-21-8)12-9(16)4-2-5-10(12)17/h2,4-5H,3,6-7H2,1H3,(H,18,20). The van der Waals surface area contributed by atoms with E-state index in [1.807, 2.05) is 0 Å². The van der Waals surface area contributed by atoms with Crippen LogP contribution >= 0.6 is 34.8 Å². The summed E-state index contributed by atoms with van der Waals surface area (Å²) in [4.78, 5) is 12.3. The van der Waals surface area contributed by atoms with Gasteiger partial charge >= 0.3 is 0 Å². The van der Waals surface area contributed by atoms with Gasteiger partial charge in [-0.05, 0) is 25.5 Å². The Bertz CT molecular complexity index is 635. The topological polar surface area (TPSA) is 55.1 Å². The zero-order valence-corrected chi connectivity index (χ0v) is 13.5. The van der Waals surface area contributed by atoms with E-state index in [-0.39, 0.29) is 5.91 Å². The van der Waals surface area contributed by atoms with Crippen LogP contribution in [0.4, 0.5) is 0 Å². The number of halogens is 3. The highest BCUT2D eigenvalue weighted by molar-refractivity contribution is 6.39. The molecule has 2 aromatic rings. The molecular weight excluding hydrogens is 335 g/mol. The zero-order chi connectivity index (χ0) is 15.4. The molecule has 0 aliphatic carbocycles. The summed E-state index contributed by atoms with van der Waals surface area (Å²) in [6, 6.07) is 5.09. The van der Waals surface area contributed by atoms with E-state index in [0.29, 0.717) is 51.5 Å². The van der Waals surface area contributed by atoms with Gasteiger partial charge in [0.15, 0.2) is 0 Å². The van der Waals surface area contributed by atoms with E-state index in [2.05, 4.69) is 10.5 Å². The third kappa shape index (κ3) is 3.51. The Morgan fingerprint density at radius 3 is 2.62 bits per heavy atom. The highest BCUT2D eigenvalue weighted by Gasteiger charge is 2.24. The van der Waals surface area contributed by atoms with Crippen LogP contribution in [-0.2, 0) is 0 Å². The zero-order valence-electron chi connectivity index (χ0n) is 11.3. The molecule has 0 aliphatic heterocycles. The summed E-state index contributed by atoms with van der Waals surface area (Å²) >= 11 is 17.9. The summed E-state index contributed by atoms with van der Waals surface area (Å²) in [6.45, 7) is 2.14. The third-order valence-corrected chi connectivity index (χ3v) is 3.78. The van der Waals surface area contributed by atoms with Crippen LogP contribution in [0.3, 0.4) is 0 Å². The van der Waals surface area contributed by atoms with Gasteiger partial charge in [-0.15, -0.1) is 11.6 Å².